The monoisotopic (exact) mass is 211 g/mol. The fourth-order valence-electron chi connectivity index (χ4n) is 2.17. The first-order chi connectivity index (χ1) is 7.88. The molecule has 3 heteroatoms. The Balaban J connectivity index is 1.96. The molecule has 1 aliphatic carbocycles. The number of nitrogens with one attached hydrogen (secondary N) is 1. The van der Waals surface area contributed by atoms with Gasteiger partial charge in [0.1, 0.15) is 11.6 Å². The van der Waals surface area contributed by atoms with E-state index in [2.05, 4.69) is 39.6 Å². The highest BCUT2D eigenvalue weighted by molar-refractivity contribution is 5.45. The zero-order valence-corrected chi connectivity index (χ0v) is 9.14. The number of hydrogen-bond donors (Lipinski definition) is 1. The zero-order chi connectivity index (χ0) is 11.0. The third kappa shape index (κ3) is 1.36. The number of benzene rings is 1. The van der Waals surface area contributed by atoms with E-state index in [9.17, 15) is 0 Å². The van der Waals surface area contributed by atoms with Gasteiger partial charge in [0.05, 0.1) is 0 Å². The van der Waals surface area contributed by atoms with Crippen molar-refractivity contribution >= 4 is 5.82 Å². The van der Waals surface area contributed by atoms with Gasteiger partial charge in [-0.25, -0.2) is 9.97 Å². The average molecular weight is 211 g/mol. The van der Waals surface area contributed by atoms with Crippen LogP contribution in [0.5, 0.6) is 0 Å². The average Bonchev–Trinajstić information content (AvgIpc) is 2.31. The Morgan fingerprint density at radius 2 is 2.12 bits per heavy atom. The summed E-state index contributed by atoms with van der Waals surface area (Å²) in [4.78, 5) is 8.85. The lowest BCUT2D eigenvalue weighted by Gasteiger charge is -2.28. The van der Waals surface area contributed by atoms with Crippen molar-refractivity contribution in [2.24, 2.45) is 0 Å². The summed E-state index contributed by atoms with van der Waals surface area (Å²) in [5, 5.41) is 3.04. The molecule has 0 radical (unpaired) electrons. The number of rotatable bonds is 2. The number of hydrogen-bond acceptors (Lipinski definition) is 3. The van der Waals surface area contributed by atoms with Crippen LogP contribution >= 0.6 is 0 Å². The van der Waals surface area contributed by atoms with Crippen molar-refractivity contribution in [2.45, 2.75) is 12.3 Å². The Morgan fingerprint density at radius 3 is 2.94 bits per heavy atom. The van der Waals surface area contributed by atoms with Crippen LogP contribution in [0.25, 0.3) is 0 Å². The van der Waals surface area contributed by atoms with Crippen molar-refractivity contribution in [1.29, 1.82) is 0 Å². The third-order valence-corrected chi connectivity index (χ3v) is 3.10. The standard InChI is InChI=1S/C13H13N3/c1-14-12-6-7-15-13(16-12)11-8-9-4-2-3-5-10(9)11/h2-7,11H,8H2,1H3,(H,14,15,16). The van der Waals surface area contributed by atoms with Gasteiger partial charge in [-0.15, -0.1) is 0 Å². The van der Waals surface area contributed by atoms with Crippen LogP contribution < -0.4 is 5.32 Å². The lowest BCUT2D eigenvalue weighted by molar-refractivity contribution is 0.660. The minimum atomic E-state index is 0.379. The summed E-state index contributed by atoms with van der Waals surface area (Å²) in [6.07, 6.45) is 2.87. The number of aromatic nitrogens is 2. The Morgan fingerprint density at radius 1 is 1.25 bits per heavy atom. The van der Waals surface area contributed by atoms with Crippen LogP contribution in [0.4, 0.5) is 5.82 Å². The topological polar surface area (TPSA) is 37.8 Å². The molecule has 16 heavy (non-hydrogen) atoms. The molecular formula is C13H13N3. The van der Waals surface area contributed by atoms with Gasteiger partial charge in [-0.05, 0) is 23.6 Å². The molecule has 1 N–H and O–H groups in total. The van der Waals surface area contributed by atoms with E-state index < -0.39 is 0 Å². The van der Waals surface area contributed by atoms with Gasteiger partial charge >= 0.3 is 0 Å². The summed E-state index contributed by atoms with van der Waals surface area (Å²) >= 11 is 0. The summed E-state index contributed by atoms with van der Waals surface area (Å²) in [7, 11) is 1.88. The largest absolute Gasteiger partial charge is 0.373 e. The maximum atomic E-state index is 4.49. The molecule has 0 amide bonds. The summed E-state index contributed by atoms with van der Waals surface area (Å²) < 4.78 is 0. The molecule has 1 atom stereocenters. The number of fused-ring (bicyclic) bond motifs is 1. The predicted octanol–water partition coefficient (Wildman–Crippen LogP) is 2.21. The van der Waals surface area contributed by atoms with E-state index >= 15 is 0 Å². The molecule has 1 heterocycles. The molecule has 1 unspecified atom stereocenters. The summed E-state index contributed by atoms with van der Waals surface area (Å²) in [6.45, 7) is 0. The van der Waals surface area contributed by atoms with Gasteiger partial charge in [0.15, 0.2) is 0 Å². The van der Waals surface area contributed by atoms with Gasteiger partial charge < -0.3 is 5.32 Å². The molecule has 0 spiro atoms. The second-order valence-corrected chi connectivity index (χ2v) is 4.01. The molecule has 3 rings (SSSR count). The highest BCUT2D eigenvalue weighted by Gasteiger charge is 2.29. The summed E-state index contributed by atoms with van der Waals surface area (Å²) in [5.74, 6) is 2.18. The van der Waals surface area contributed by atoms with E-state index in [4.69, 9.17) is 0 Å². The molecule has 0 bridgehead atoms. The zero-order valence-electron chi connectivity index (χ0n) is 9.14. The Labute approximate surface area is 94.6 Å². The molecular weight excluding hydrogens is 198 g/mol. The lowest BCUT2D eigenvalue weighted by Crippen LogP contribution is -2.20. The van der Waals surface area contributed by atoms with Gasteiger partial charge in [-0.3, -0.25) is 0 Å². The molecule has 0 fully saturated rings. The highest BCUT2D eigenvalue weighted by atomic mass is 15.0. The highest BCUT2D eigenvalue weighted by Crippen LogP contribution is 2.38. The van der Waals surface area contributed by atoms with Crippen molar-refractivity contribution in [2.75, 3.05) is 12.4 Å². The molecule has 1 aliphatic rings. The molecule has 1 aromatic heterocycles. The van der Waals surface area contributed by atoms with Crippen LogP contribution in [0.2, 0.25) is 0 Å². The van der Waals surface area contributed by atoms with Crippen molar-refractivity contribution in [3.63, 3.8) is 0 Å². The normalized spacial score (nSPS) is 17.4. The van der Waals surface area contributed by atoms with Crippen LogP contribution in [-0.2, 0) is 6.42 Å². The van der Waals surface area contributed by atoms with Gasteiger partial charge in [0.2, 0.25) is 0 Å². The molecule has 2 aromatic rings. The smallest absolute Gasteiger partial charge is 0.138 e. The molecule has 1 aromatic carbocycles. The second-order valence-electron chi connectivity index (χ2n) is 4.01. The van der Waals surface area contributed by atoms with E-state index in [-0.39, 0.29) is 0 Å². The van der Waals surface area contributed by atoms with Gasteiger partial charge in [0, 0.05) is 19.2 Å². The van der Waals surface area contributed by atoms with Crippen LogP contribution in [0, 0.1) is 0 Å². The van der Waals surface area contributed by atoms with Gasteiger partial charge in [-0.1, -0.05) is 24.3 Å². The van der Waals surface area contributed by atoms with E-state index in [1.807, 2.05) is 19.3 Å². The fraction of sp³-hybridized carbons (Fsp3) is 0.231. The minimum absolute atomic E-state index is 0.379. The second kappa shape index (κ2) is 3.59. The van der Waals surface area contributed by atoms with Crippen LogP contribution in [0.1, 0.15) is 22.9 Å². The minimum Gasteiger partial charge on any atom is -0.373 e. The third-order valence-electron chi connectivity index (χ3n) is 3.10. The van der Waals surface area contributed by atoms with E-state index in [0.29, 0.717) is 5.92 Å². The van der Waals surface area contributed by atoms with E-state index in [1.54, 1.807) is 0 Å². The Kier molecular flexibility index (Phi) is 2.10. The van der Waals surface area contributed by atoms with Crippen molar-refractivity contribution in [3.05, 3.63) is 53.5 Å². The van der Waals surface area contributed by atoms with Crippen LogP contribution in [-0.4, -0.2) is 17.0 Å². The summed E-state index contributed by atoms with van der Waals surface area (Å²) in [5.41, 5.74) is 2.79. The first kappa shape index (κ1) is 9.33. The van der Waals surface area contributed by atoms with Crippen molar-refractivity contribution in [1.82, 2.24) is 9.97 Å². The number of anilines is 1. The van der Waals surface area contributed by atoms with Gasteiger partial charge in [0.25, 0.3) is 0 Å². The molecule has 0 saturated carbocycles. The first-order valence-corrected chi connectivity index (χ1v) is 5.47. The maximum Gasteiger partial charge on any atom is 0.138 e. The molecule has 3 nitrogen and oxygen atoms in total. The quantitative estimate of drug-likeness (QED) is 0.827. The Hall–Kier alpha value is -1.90. The lowest BCUT2D eigenvalue weighted by atomic mass is 9.77. The number of nitrogens with zero attached hydrogens (tertiary/aromatic N) is 2. The van der Waals surface area contributed by atoms with Crippen molar-refractivity contribution in [3.8, 4) is 0 Å². The van der Waals surface area contributed by atoms with Crippen molar-refractivity contribution < 1.29 is 0 Å². The summed E-state index contributed by atoms with van der Waals surface area (Å²) in [6, 6.07) is 10.4. The van der Waals surface area contributed by atoms with Crippen LogP contribution in [0.15, 0.2) is 36.5 Å². The van der Waals surface area contributed by atoms with E-state index in [1.165, 1.54) is 11.1 Å². The fourth-order valence-corrected chi connectivity index (χ4v) is 2.17. The van der Waals surface area contributed by atoms with E-state index in [0.717, 1.165) is 18.1 Å². The van der Waals surface area contributed by atoms with Gasteiger partial charge in [-0.2, -0.15) is 0 Å². The maximum absolute atomic E-state index is 4.49. The predicted molar refractivity (Wildman–Crippen MR) is 63.6 cm³/mol. The molecule has 0 aliphatic heterocycles. The Bertz CT molecular complexity index is 522. The first-order valence-electron chi connectivity index (χ1n) is 5.47. The van der Waals surface area contributed by atoms with Crippen LogP contribution in [0.3, 0.4) is 0 Å². The molecule has 80 valence electrons. The SMILES string of the molecule is CNc1ccnc(C2Cc3ccccc32)n1. The molecule has 0 saturated heterocycles.